The molecular formula is C15H20N4OS. The number of nitrogens with one attached hydrogen (secondary N) is 2. The minimum atomic E-state index is 0.451. The van der Waals surface area contributed by atoms with Crippen LogP contribution in [-0.2, 0) is 17.9 Å². The average Bonchev–Trinajstić information content (AvgIpc) is 2.93. The van der Waals surface area contributed by atoms with Gasteiger partial charge in [0.05, 0.1) is 18.1 Å². The van der Waals surface area contributed by atoms with E-state index >= 15 is 0 Å². The second-order valence-electron chi connectivity index (χ2n) is 4.51. The zero-order valence-corrected chi connectivity index (χ0v) is 12.9. The van der Waals surface area contributed by atoms with Gasteiger partial charge in [-0.05, 0) is 31.1 Å². The number of benzene rings is 1. The van der Waals surface area contributed by atoms with Crippen molar-refractivity contribution in [3.05, 3.63) is 48.3 Å². The molecule has 0 radical (unpaired) electrons. The van der Waals surface area contributed by atoms with Crippen molar-refractivity contribution >= 4 is 23.0 Å². The van der Waals surface area contributed by atoms with Gasteiger partial charge in [0.1, 0.15) is 6.73 Å². The van der Waals surface area contributed by atoms with Gasteiger partial charge < -0.3 is 15.4 Å². The lowest BCUT2D eigenvalue weighted by Gasteiger charge is -2.08. The monoisotopic (exact) mass is 304 g/mol. The van der Waals surface area contributed by atoms with Gasteiger partial charge in [0.2, 0.25) is 0 Å². The molecule has 21 heavy (non-hydrogen) atoms. The van der Waals surface area contributed by atoms with Crippen LogP contribution in [0.25, 0.3) is 0 Å². The third-order valence-corrected chi connectivity index (χ3v) is 3.11. The van der Waals surface area contributed by atoms with Crippen LogP contribution in [-0.4, -0.2) is 28.0 Å². The lowest BCUT2D eigenvalue weighted by molar-refractivity contribution is 0.0792. The third-order valence-electron chi connectivity index (χ3n) is 2.86. The molecule has 2 N–H and O–H groups in total. The van der Waals surface area contributed by atoms with Crippen molar-refractivity contribution < 1.29 is 4.74 Å². The molecule has 1 heterocycles. The van der Waals surface area contributed by atoms with Crippen LogP contribution in [0.5, 0.6) is 0 Å². The summed E-state index contributed by atoms with van der Waals surface area (Å²) in [6.45, 7) is 3.87. The molecule has 0 aliphatic carbocycles. The van der Waals surface area contributed by atoms with E-state index in [1.165, 1.54) is 5.56 Å². The molecule has 112 valence electrons. The van der Waals surface area contributed by atoms with E-state index in [9.17, 15) is 0 Å². The molecule has 0 unspecified atom stereocenters. The molecule has 0 amide bonds. The van der Waals surface area contributed by atoms with Gasteiger partial charge in [0.25, 0.3) is 0 Å². The summed E-state index contributed by atoms with van der Waals surface area (Å²) in [6, 6.07) is 10.3. The zero-order valence-electron chi connectivity index (χ0n) is 12.1. The van der Waals surface area contributed by atoms with E-state index in [-0.39, 0.29) is 0 Å². The van der Waals surface area contributed by atoms with Crippen LogP contribution in [0, 0.1) is 0 Å². The molecule has 6 heteroatoms. The molecular weight excluding hydrogens is 284 g/mol. The standard InChI is InChI=1S/C15H20N4OS/c1-2-20-12-19-11-14(10-17-19)18-15(21)16-9-8-13-6-4-3-5-7-13/h3-7,10-11H,2,8-9,12H2,1H3,(H2,16,18,21). The zero-order chi connectivity index (χ0) is 14.9. The van der Waals surface area contributed by atoms with E-state index in [0.29, 0.717) is 18.5 Å². The number of ether oxygens (including phenoxy) is 1. The molecule has 1 aromatic heterocycles. The van der Waals surface area contributed by atoms with Crippen molar-refractivity contribution in [1.82, 2.24) is 15.1 Å². The predicted molar refractivity (Wildman–Crippen MR) is 88.2 cm³/mol. The van der Waals surface area contributed by atoms with Gasteiger partial charge >= 0.3 is 0 Å². The first kappa shape index (κ1) is 15.5. The second-order valence-corrected chi connectivity index (χ2v) is 4.92. The first-order valence-electron chi connectivity index (χ1n) is 6.97. The normalized spacial score (nSPS) is 10.3. The van der Waals surface area contributed by atoms with Crippen LogP contribution in [0.3, 0.4) is 0 Å². The maximum Gasteiger partial charge on any atom is 0.170 e. The lowest BCUT2D eigenvalue weighted by Crippen LogP contribution is -2.30. The Morgan fingerprint density at radius 3 is 2.90 bits per heavy atom. The lowest BCUT2D eigenvalue weighted by atomic mass is 10.1. The maximum absolute atomic E-state index is 5.28. The van der Waals surface area contributed by atoms with Crippen LogP contribution < -0.4 is 10.6 Å². The summed E-state index contributed by atoms with van der Waals surface area (Å²) in [5.41, 5.74) is 2.14. The van der Waals surface area contributed by atoms with E-state index in [1.54, 1.807) is 10.9 Å². The number of rotatable bonds is 7. The van der Waals surface area contributed by atoms with Crippen LogP contribution in [0.2, 0.25) is 0 Å². The highest BCUT2D eigenvalue weighted by Gasteiger charge is 2.01. The molecule has 0 aliphatic rings. The Morgan fingerprint density at radius 1 is 1.33 bits per heavy atom. The van der Waals surface area contributed by atoms with Crippen molar-refractivity contribution in [2.24, 2.45) is 0 Å². The number of hydrogen-bond acceptors (Lipinski definition) is 3. The topological polar surface area (TPSA) is 51.1 Å². The summed E-state index contributed by atoms with van der Waals surface area (Å²) in [7, 11) is 0. The largest absolute Gasteiger partial charge is 0.362 e. The molecule has 5 nitrogen and oxygen atoms in total. The Morgan fingerprint density at radius 2 is 2.14 bits per heavy atom. The molecule has 0 atom stereocenters. The molecule has 0 saturated heterocycles. The van der Waals surface area contributed by atoms with Gasteiger partial charge in [-0.15, -0.1) is 0 Å². The summed E-state index contributed by atoms with van der Waals surface area (Å²) < 4.78 is 7.00. The number of hydrogen-bond donors (Lipinski definition) is 2. The smallest absolute Gasteiger partial charge is 0.170 e. The van der Waals surface area contributed by atoms with Crippen LogP contribution in [0.1, 0.15) is 12.5 Å². The van der Waals surface area contributed by atoms with E-state index < -0.39 is 0 Å². The predicted octanol–water partition coefficient (Wildman–Crippen LogP) is 2.41. The van der Waals surface area contributed by atoms with Gasteiger partial charge in [-0.3, -0.25) is 0 Å². The summed E-state index contributed by atoms with van der Waals surface area (Å²) in [5, 5.41) is 11.1. The fourth-order valence-electron chi connectivity index (χ4n) is 1.82. The highest BCUT2D eigenvalue weighted by Crippen LogP contribution is 2.04. The van der Waals surface area contributed by atoms with Crippen LogP contribution >= 0.6 is 12.2 Å². The van der Waals surface area contributed by atoms with Crippen molar-refractivity contribution in [3.63, 3.8) is 0 Å². The minimum Gasteiger partial charge on any atom is -0.362 e. The summed E-state index contributed by atoms with van der Waals surface area (Å²) in [6.07, 6.45) is 4.53. The van der Waals surface area contributed by atoms with Crippen LogP contribution in [0.4, 0.5) is 5.69 Å². The SMILES string of the molecule is CCOCn1cc(NC(=S)NCCc2ccccc2)cn1. The molecule has 0 fully saturated rings. The molecule has 0 spiro atoms. The third kappa shape index (κ3) is 5.53. The molecule has 2 aromatic rings. The van der Waals surface area contributed by atoms with E-state index in [4.69, 9.17) is 17.0 Å². The van der Waals surface area contributed by atoms with Crippen molar-refractivity contribution in [2.75, 3.05) is 18.5 Å². The average molecular weight is 304 g/mol. The Balaban J connectivity index is 1.70. The van der Waals surface area contributed by atoms with Gasteiger partial charge in [0, 0.05) is 13.2 Å². The Bertz CT molecular complexity index is 556. The van der Waals surface area contributed by atoms with E-state index in [0.717, 1.165) is 18.7 Å². The summed E-state index contributed by atoms with van der Waals surface area (Å²) in [5.74, 6) is 0. The number of nitrogens with zero attached hydrogens (tertiary/aromatic N) is 2. The number of anilines is 1. The highest BCUT2D eigenvalue weighted by molar-refractivity contribution is 7.80. The molecule has 0 aliphatic heterocycles. The van der Waals surface area contributed by atoms with Crippen molar-refractivity contribution in [3.8, 4) is 0 Å². The van der Waals surface area contributed by atoms with Crippen molar-refractivity contribution in [1.29, 1.82) is 0 Å². The fraction of sp³-hybridized carbons (Fsp3) is 0.333. The van der Waals surface area contributed by atoms with Gasteiger partial charge in [0.15, 0.2) is 5.11 Å². The number of thiocarbonyl (C=S) groups is 1. The first-order valence-corrected chi connectivity index (χ1v) is 7.37. The number of aromatic nitrogens is 2. The molecule has 0 saturated carbocycles. The van der Waals surface area contributed by atoms with Gasteiger partial charge in [-0.1, -0.05) is 30.3 Å². The van der Waals surface area contributed by atoms with Gasteiger partial charge in [-0.2, -0.15) is 5.10 Å². The van der Waals surface area contributed by atoms with E-state index in [2.05, 4.69) is 27.9 Å². The highest BCUT2D eigenvalue weighted by atomic mass is 32.1. The quantitative estimate of drug-likeness (QED) is 0.769. The second kappa shape index (κ2) is 8.39. The molecule has 0 bridgehead atoms. The first-order chi connectivity index (χ1) is 10.3. The molecule has 2 rings (SSSR count). The Kier molecular flexibility index (Phi) is 6.18. The summed E-state index contributed by atoms with van der Waals surface area (Å²) >= 11 is 5.26. The summed E-state index contributed by atoms with van der Waals surface area (Å²) in [4.78, 5) is 0. The van der Waals surface area contributed by atoms with Crippen LogP contribution in [0.15, 0.2) is 42.7 Å². The van der Waals surface area contributed by atoms with Gasteiger partial charge in [-0.25, -0.2) is 4.68 Å². The Hall–Kier alpha value is -1.92. The fourth-order valence-corrected chi connectivity index (χ4v) is 2.04. The Labute approximate surface area is 130 Å². The minimum absolute atomic E-state index is 0.451. The maximum atomic E-state index is 5.28. The molecule has 1 aromatic carbocycles. The van der Waals surface area contributed by atoms with E-state index in [1.807, 2.05) is 31.3 Å². The van der Waals surface area contributed by atoms with Crippen molar-refractivity contribution in [2.45, 2.75) is 20.1 Å².